The number of hydrogen-bond acceptors (Lipinski definition) is 2. The van der Waals surface area contributed by atoms with E-state index in [0.717, 1.165) is 12.2 Å². The maximum absolute atomic E-state index is 4.71. The Morgan fingerprint density at radius 3 is 2.59 bits per heavy atom. The number of benzene rings is 2. The lowest BCUT2D eigenvalue weighted by Crippen LogP contribution is -2.00. The first-order chi connectivity index (χ1) is 8.43. The van der Waals surface area contributed by atoms with Gasteiger partial charge in [-0.15, -0.1) is 0 Å². The van der Waals surface area contributed by atoms with Crippen LogP contribution in [0.1, 0.15) is 5.56 Å². The van der Waals surface area contributed by atoms with E-state index in [0.29, 0.717) is 0 Å². The van der Waals surface area contributed by atoms with Gasteiger partial charge >= 0.3 is 0 Å². The van der Waals surface area contributed by atoms with Crippen molar-refractivity contribution in [2.45, 2.75) is 11.4 Å². The summed E-state index contributed by atoms with van der Waals surface area (Å²) in [6.07, 6.45) is 0. The van der Waals surface area contributed by atoms with Gasteiger partial charge in [0.15, 0.2) is 10.7 Å². The molecule has 2 aromatic rings. The molecule has 1 aliphatic heterocycles. The molecule has 3 heteroatoms. The topological polar surface area (TPSA) is 26.5 Å². The van der Waals surface area contributed by atoms with Crippen molar-refractivity contribution in [1.29, 1.82) is 0 Å². The van der Waals surface area contributed by atoms with E-state index in [-0.39, 0.29) is 10.7 Å². The third kappa shape index (κ3) is 2.19. The first-order valence-corrected chi connectivity index (χ1v) is 6.76. The summed E-state index contributed by atoms with van der Waals surface area (Å²) in [6.45, 7) is 0.754. The Hall–Kier alpha value is -1.74. The number of hydrogen-bond donors (Lipinski definition) is 0. The molecule has 1 unspecified atom stereocenters. The van der Waals surface area contributed by atoms with Gasteiger partial charge in [0, 0.05) is 5.56 Å². The van der Waals surface area contributed by atoms with Crippen LogP contribution in [0.25, 0.3) is 0 Å². The van der Waals surface area contributed by atoms with E-state index < -0.39 is 0 Å². The molecule has 0 fully saturated rings. The molecule has 0 aliphatic carbocycles. The van der Waals surface area contributed by atoms with Gasteiger partial charge in [-0.3, -0.25) is 0 Å². The van der Waals surface area contributed by atoms with E-state index >= 15 is 0 Å². The van der Waals surface area contributed by atoms with Crippen molar-refractivity contribution in [2.24, 2.45) is 4.99 Å². The molecule has 2 nitrogen and oxygen atoms in total. The average Bonchev–Trinajstić information content (AvgIpc) is 2.81. The van der Waals surface area contributed by atoms with Crippen molar-refractivity contribution in [1.82, 2.24) is 4.36 Å². The molecule has 83 valence electrons. The Bertz CT molecular complexity index is 588. The fraction of sp³-hybridized carbons (Fsp3) is 0.0714. The molecule has 0 amide bonds. The van der Waals surface area contributed by atoms with Crippen LogP contribution in [0.2, 0.25) is 0 Å². The predicted molar refractivity (Wildman–Crippen MR) is 72.5 cm³/mol. The lowest BCUT2D eigenvalue weighted by Gasteiger charge is -1.91. The van der Waals surface area contributed by atoms with Crippen LogP contribution in [0, 0.1) is 0 Å². The third-order valence-corrected chi connectivity index (χ3v) is 4.12. The Kier molecular flexibility index (Phi) is 2.84. The minimum atomic E-state index is -0.169. The Morgan fingerprint density at radius 2 is 1.71 bits per heavy atom. The minimum Gasteiger partial charge on any atom is -0.243 e. The van der Waals surface area contributed by atoms with Gasteiger partial charge in [0.1, 0.15) is 5.55 Å². The maximum Gasteiger partial charge on any atom is 0.245 e. The molecule has 0 aromatic heterocycles. The first kappa shape index (κ1) is 10.4. The summed E-state index contributed by atoms with van der Waals surface area (Å²) in [4.78, 5) is 5.63. The van der Waals surface area contributed by atoms with E-state index in [1.165, 1.54) is 10.5 Å². The molecule has 1 heterocycles. The summed E-state index contributed by atoms with van der Waals surface area (Å²) >= 11 is 0. The molecule has 1 radical (unpaired) electrons. The van der Waals surface area contributed by atoms with Crippen LogP contribution in [-0.4, -0.2) is 5.55 Å². The van der Waals surface area contributed by atoms with Crippen molar-refractivity contribution in [3.8, 4) is 0 Å². The van der Waals surface area contributed by atoms with Crippen molar-refractivity contribution in [3.63, 3.8) is 0 Å². The Balaban J connectivity index is 1.86. The molecule has 2 aromatic carbocycles. The summed E-state index contributed by atoms with van der Waals surface area (Å²) in [6, 6.07) is 18.5. The fourth-order valence-corrected chi connectivity index (χ4v) is 3.11. The largest absolute Gasteiger partial charge is 0.245 e. The molecule has 17 heavy (non-hydrogen) atoms. The van der Waals surface area contributed by atoms with Crippen LogP contribution in [0.15, 0.2) is 64.5 Å². The first-order valence-electron chi connectivity index (χ1n) is 5.51. The Labute approximate surface area is 103 Å². The molecule has 0 spiro atoms. The van der Waals surface area contributed by atoms with Gasteiger partial charge in [-0.25, -0.2) is 4.99 Å². The smallest absolute Gasteiger partial charge is 0.243 e. The van der Waals surface area contributed by atoms with Crippen molar-refractivity contribution < 1.29 is 0 Å². The van der Waals surface area contributed by atoms with Crippen molar-refractivity contribution in [3.05, 3.63) is 60.2 Å². The van der Waals surface area contributed by atoms with Gasteiger partial charge in [-0.2, -0.15) is 0 Å². The zero-order valence-corrected chi connectivity index (χ0v) is 10.1. The number of nitrogens with zero attached hydrogens (tertiary/aromatic N) is 2. The summed E-state index contributed by atoms with van der Waals surface area (Å²) in [5.41, 5.74) is 4.26. The second-order valence-electron chi connectivity index (χ2n) is 3.79. The molecular formula is C14H12N2S+. The SMILES string of the molecule is C1=Nc2ccccc2S1=[N+]Cc1ccccc1. The van der Waals surface area contributed by atoms with Crippen LogP contribution in [0.4, 0.5) is 5.69 Å². The summed E-state index contributed by atoms with van der Waals surface area (Å²) in [5, 5.41) is 0. The van der Waals surface area contributed by atoms with Crippen molar-refractivity contribution in [2.75, 3.05) is 0 Å². The van der Waals surface area contributed by atoms with Crippen LogP contribution in [0.3, 0.4) is 0 Å². The molecule has 0 saturated carbocycles. The normalized spacial score (nSPS) is 17.3. The highest BCUT2D eigenvalue weighted by Gasteiger charge is 2.19. The monoisotopic (exact) mass is 240 g/mol. The zero-order chi connectivity index (χ0) is 11.5. The van der Waals surface area contributed by atoms with Crippen LogP contribution in [0.5, 0.6) is 0 Å². The molecule has 1 aliphatic rings. The van der Waals surface area contributed by atoms with Crippen molar-refractivity contribution >= 4 is 21.9 Å². The molecular weight excluding hydrogens is 228 g/mol. The van der Waals surface area contributed by atoms with E-state index in [1.807, 2.05) is 41.9 Å². The number of fused-ring (bicyclic) bond motifs is 1. The minimum absolute atomic E-state index is 0.169. The maximum atomic E-state index is 4.71. The highest BCUT2D eigenvalue weighted by molar-refractivity contribution is 8.00. The van der Waals surface area contributed by atoms with Crippen LogP contribution < -0.4 is 4.36 Å². The summed E-state index contributed by atoms with van der Waals surface area (Å²) in [7, 11) is -0.169. The molecule has 0 N–H and O–H groups in total. The second-order valence-corrected chi connectivity index (χ2v) is 5.33. The predicted octanol–water partition coefficient (Wildman–Crippen LogP) is 3.06. The van der Waals surface area contributed by atoms with Crippen LogP contribution in [-0.2, 0) is 17.2 Å². The lowest BCUT2D eigenvalue weighted by atomic mass is 10.2. The zero-order valence-electron chi connectivity index (χ0n) is 9.28. The second kappa shape index (κ2) is 4.63. The van der Waals surface area contributed by atoms with E-state index in [1.54, 1.807) is 0 Å². The fourth-order valence-electron chi connectivity index (χ4n) is 1.73. The average molecular weight is 240 g/mol. The lowest BCUT2D eigenvalue weighted by molar-refractivity contribution is 0.992. The van der Waals surface area contributed by atoms with Crippen LogP contribution >= 0.6 is 0 Å². The summed E-state index contributed by atoms with van der Waals surface area (Å²) in [5.74, 6) is 0. The number of aliphatic imine (C=N–C) groups is 1. The Morgan fingerprint density at radius 1 is 0.941 bits per heavy atom. The standard InChI is InChI=1S/C14H12N2S/c1-2-6-12(7-3-1)10-16-17-11-15-13-8-4-5-9-14(13)17/h1-9,11H,10H2/q+1. The highest BCUT2D eigenvalue weighted by atomic mass is 32.2. The highest BCUT2D eigenvalue weighted by Crippen LogP contribution is 2.26. The summed E-state index contributed by atoms with van der Waals surface area (Å²) < 4.78 is 4.71. The molecule has 0 bridgehead atoms. The van der Waals surface area contributed by atoms with E-state index in [2.05, 4.69) is 23.2 Å². The van der Waals surface area contributed by atoms with Gasteiger partial charge in [0.2, 0.25) is 6.54 Å². The number of rotatable bonds is 2. The van der Waals surface area contributed by atoms with Gasteiger partial charge in [0.05, 0.1) is 14.9 Å². The molecule has 0 saturated heterocycles. The third-order valence-electron chi connectivity index (χ3n) is 2.61. The number of para-hydroxylation sites is 1. The molecule has 1 atom stereocenters. The van der Waals surface area contributed by atoms with Gasteiger partial charge in [-0.05, 0) is 12.1 Å². The van der Waals surface area contributed by atoms with E-state index in [4.69, 9.17) is 4.36 Å². The quantitative estimate of drug-likeness (QED) is 0.771. The van der Waals surface area contributed by atoms with E-state index in [9.17, 15) is 0 Å². The van der Waals surface area contributed by atoms with Gasteiger partial charge in [-0.1, -0.05) is 42.5 Å². The van der Waals surface area contributed by atoms with Gasteiger partial charge < -0.3 is 0 Å². The van der Waals surface area contributed by atoms with Gasteiger partial charge in [0.25, 0.3) is 0 Å². The molecule has 3 rings (SSSR count).